The first-order chi connectivity index (χ1) is 7.44. The topological polar surface area (TPSA) is 37.3 Å². The van der Waals surface area contributed by atoms with Crippen LogP contribution in [0.25, 0.3) is 0 Å². The predicted octanol–water partition coefficient (Wildman–Crippen LogP) is 3.37. The lowest BCUT2D eigenvalue weighted by atomic mass is 9.77. The molecule has 88 valence electrons. The van der Waals surface area contributed by atoms with Crippen LogP contribution in [0.4, 0.5) is 0 Å². The van der Waals surface area contributed by atoms with Crippen LogP contribution in [0, 0.1) is 11.3 Å². The quantitative estimate of drug-likeness (QED) is 0.826. The van der Waals surface area contributed by atoms with E-state index < -0.39 is 11.4 Å². The number of aliphatic carboxylic acids is 1. The standard InChI is InChI=1S/C14H20O2/c1-11(2)9-14(3,13(15)16)10-12-7-5-4-6-8-12/h4-8,11H,9-10H2,1-3H3,(H,15,16). The molecular formula is C14H20O2. The number of benzene rings is 1. The molecule has 0 fully saturated rings. The minimum atomic E-state index is -0.704. The van der Waals surface area contributed by atoms with Gasteiger partial charge in [-0.15, -0.1) is 0 Å². The molecule has 1 aromatic carbocycles. The molecule has 2 heteroatoms. The van der Waals surface area contributed by atoms with Crippen molar-refractivity contribution in [1.29, 1.82) is 0 Å². The maximum atomic E-state index is 11.4. The van der Waals surface area contributed by atoms with Gasteiger partial charge in [-0.1, -0.05) is 44.2 Å². The largest absolute Gasteiger partial charge is 0.481 e. The summed E-state index contributed by atoms with van der Waals surface area (Å²) in [5.74, 6) is -0.310. The number of hydrogen-bond donors (Lipinski definition) is 1. The number of hydrogen-bond acceptors (Lipinski definition) is 1. The van der Waals surface area contributed by atoms with E-state index in [9.17, 15) is 9.90 Å². The van der Waals surface area contributed by atoms with E-state index >= 15 is 0 Å². The molecule has 1 rings (SSSR count). The average Bonchev–Trinajstić information content (AvgIpc) is 2.17. The molecule has 2 nitrogen and oxygen atoms in total. The Morgan fingerprint density at radius 2 is 1.88 bits per heavy atom. The van der Waals surface area contributed by atoms with Crippen LogP contribution >= 0.6 is 0 Å². The van der Waals surface area contributed by atoms with Crippen molar-refractivity contribution in [2.45, 2.75) is 33.6 Å². The Kier molecular flexibility index (Phi) is 4.11. The Labute approximate surface area is 97.3 Å². The van der Waals surface area contributed by atoms with Crippen LogP contribution in [0.5, 0.6) is 0 Å². The maximum absolute atomic E-state index is 11.4. The summed E-state index contributed by atoms with van der Waals surface area (Å²) in [7, 11) is 0. The second-order valence-electron chi connectivity index (χ2n) is 5.13. The lowest BCUT2D eigenvalue weighted by Gasteiger charge is -2.26. The third-order valence-electron chi connectivity index (χ3n) is 2.81. The molecule has 0 amide bonds. The van der Waals surface area contributed by atoms with E-state index in [2.05, 4.69) is 13.8 Å². The molecule has 16 heavy (non-hydrogen) atoms. The van der Waals surface area contributed by atoms with Gasteiger partial charge in [0, 0.05) is 0 Å². The molecule has 0 aromatic heterocycles. The lowest BCUT2D eigenvalue weighted by Crippen LogP contribution is -2.31. The summed E-state index contributed by atoms with van der Waals surface area (Å²) in [6.07, 6.45) is 1.30. The van der Waals surface area contributed by atoms with Gasteiger partial charge < -0.3 is 5.11 Å². The Balaban J connectivity index is 2.83. The highest BCUT2D eigenvalue weighted by molar-refractivity contribution is 5.74. The summed E-state index contributed by atoms with van der Waals surface area (Å²) in [4.78, 5) is 11.4. The second kappa shape index (κ2) is 5.15. The van der Waals surface area contributed by atoms with Crippen LogP contribution < -0.4 is 0 Å². The van der Waals surface area contributed by atoms with Gasteiger partial charge in [-0.3, -0.25) is 4.79 Å². The zero-order chi connectivity index (χ0) is 12.2. The Morgan fingerprint density at radius 1 is 1.31 bits per heavy atom. The third kappa shape index (κ3) is 3.37. The SMILES string of the molecule is CC(C)CC(C)(Cc1ccccc1)C(=O)O. The average molecular weight is 220 g/mol. The van der Waals surface area contributed by atoms with E-state index in [1.54, 1.807) is 0 Å². The van der Waals surface area contributed by atoms with Crippen molar-refractivity contribution in [2.75, 3.05) is 0 Å². The Hall–Kier alpha value is -1.31. The van der Waals surface area contributed by atoms with Gasteiger partial charge in [0.05, 0.1) is 5.41 Å². The molecule has 0 heterocycles. The molecule has 0 saturated heterocycles. The number of carbonyl (C=O) groups is 1. The van der Waals surface area contributed by atoms with E-state index in [0.717, 1.165) is 5.56 Å². The van der Waals surface area contributed by atoms with Crippen molar-refractivity contribution in [3.63, 3.8) is 0 Å². The first kappa shape index (κ1) is 12.8. The zero-order valence-electron chi connectivity index (χ0n) is 10.2. The number of rotatable bonds is 5. The Morgan fingerprint density at radius 3 is 2.31 bits per heavy atom. The smallest absolute Gasteiger partial charge is 0.309 e. The first-order valence-corrected chi connectivity index (χ1v) is 5.71. The zero-order valence-corrected chi connectivity index (χ0v) is 10.2. The molecule has 0 aliphatic carbocycles. The van der Waals surface area contributed by atoms with Gasteiger partial charge in [0.15, 0.2) is 0 Å². The summed E-state index contributed by atoms with van der Waals surface area (Å²) in [6.45, 7) is 5.96. The minimum Gasteiger partial charge on any atom is -0.481 e. The monoisotopic (exact) mass is 220 g/mol. The molecule has 0 saturated carbocycles. The molecule has 1 unspecified atom stereocenters. The fourth-order valence-electron chi connectivity index (χ4n) is 2.18. The van der Waals surface area contributed by atoms with Crippen molar-refractivity contribution in [1.82, 2.24) is 0 Å². The highest BCUT2D eigenvalue weighted by Gasteiger charge is 2.33. The van der Waals surface area contributed by atoms with Crippen LogP contribution in [-0.4, -0.2) is 11.1 Å². The Bertz CT molecular complexity index is 343. The first-order valence-electron chi connectivity index (χ1n) is 5.71. The predicted molar refractivity (Wildman–Crippen MR) is 65.3 cm³/mol. The summed E-state index contributed by atoms with van der Waals surface area (Å²) in [5, 5.41) is 9.34. The fraction of sp³-hybridized carbons (Fsp3) is 0.500. The van der Waals surface area contributed by atoms with E-state index in [0.29, 0.717) is 18.8 Å². The molecule has 1 aromatic rings. The van der Waals surface area contributed by atoms with Crippen LogP contribution in [-0.2, 0) is 11.2 Å². The molecule has 0 aliphatic rings. The molecule has 0 radical (unpaired) electrons. The number of carboxylic acid groups (broad SMARTS) is 1. The van der Waals surface area contributed by atoms with Gasteiger partial charge in [0.2, 0.25) is 0 Å². The van der Waals surface area contributed by atoms with Crippen LogP contribution in [0.2, 0.25) is 0 Å². The molecular weight excluding hydrogens is 200 g/mol. The van der Waals surface area contributed by atoms with Crippen molar-refractivity contribution >= 4 is 5.97 Å². The summed E-state index contributed by atoms with van der Waals surface area (Å²) < 4.78 is 0. The van der Waals surface area contributed by atoms with E-state index in [1.165, 1.54) is 0 Å². The normalized spacial score (nSPS) is 14.8. The third-order valence-corrected chi connectivity index (χ3v) is 2.81. The lowest BCUT2D eigenvalue weighted by molar-refractivity contribution is -0.148. The summed E-state index contributed by atoms with van der Waals surface area (Å²) in [5.41, 5.74) is 0.434. The highest BCUT2D eigenvalue weighted by atomic mass is 16.4. The molecule has 1 atom stereocenters. The van der Waals surface area contributed by atoms with E-state index in [-0.39, 0.29) is 0 Å². The fourth-order valence-corrected chi connectivity index (χ4v) is 2.18. The van der Waals surface area contributed by atoms with Gasteiger partial charge >= 0.3 is 5.97 Å². The minimum absolute atomic E-state index is 0.393. The molecule has 0 aliphatic heterocycles. The van der Waals surface area contributed by atoms with Crippen molar-refractivity contribution in [2.24, 2.45) is 11.3 Å². The van der Waals surface area contributed by atoms with Gasteiger partial charge in [0.25, 0.3) is 0 Å². The second-order valence-corrected chi connectivity index (χ2v) is 5.13. The number of carboxylic acids is 1. The van der Waals surface area contributed by atoms with Crippen molar-refractivity contribution in [3.05, 3.63) is 35.9 Å². The van der Waals surface area contributed by atoms with Crippen molar-refractivity contribution < 1.29 is 9.90 Å². The van der Waals surface area contributed by atoms with Crippen molar-refractivity contribution in [3.8, 4) is 0 Å². The molecule has 0 bridgehead atoms. The van der Waals surface area contributed by atoms with E-state index in [4.69, 9.17) is 0 Å². The van der Waals surface area contributed by atoms with Gasteiger partial charge in [-0.05, 0) is 31.2 Å². The van der Waals surface area contributed by atoms with Crippen LogP contribution in [0.15, 0.2) is 30.3 Å². The van der Waals surface area contributed by atoms with Crippen LogP contribution in [0.1, 0.15) is 32.8 Å². The van der Waals surface area contributed by atoms with E-state index in [1.807, 2.05) is 37.3 Å². The maximum Gasteiger partial charge on any atom is 0.309 e. The highest BCUT2D eigenvalue weighted by Crippen LogP contribution is 2.30. The molecule has 0 spiro atoms. The van der Waals surface area contributed by atoms with Gasteiger partial charge in [-0.2, -0.15) is 0 Å². The molecule has 1 N–H and O–H groups in total. The summed E-state index contributed by atoms with van der Waals surface area (Å²) in [6, 6.07) is 9.83. The van der Waals surface area contributed by atoms with Gasteiger partial charge in [-0.25, -0.2) is 0 Å². The van der Waals surface area contributed by atoms with Gasteiger partial charge in [0.1, 0.15) is 0 Å². The summed E-state index contributed by atoms with van der Waals surface area (Å²) >= 11 is 0. The van der Waals surface area contributed by atoms with Crippen LogP contribution in [0.3, 0.4) is 0 Å².